The molecule has 4 heteroatoms. The van der Waals surface area contributed by atoms with E-state index >= 15 is 0 Å². The third-order valence-electron chi connectivity index (χ3n) is 5.25. The quantitative estimate of drug-likeness (QED) is 0.804. The van der Waals surface area contributed by atoms with Crippen molar-refractivity contribution >= 4 is 21.9 Å². The maximum absolute atomic E-state index is 12.0. The summed E-state index contributed by atoms with van der Waals surface area (Å²) in [5.41, 5.74) is 0.147. The van der Waals surface area contributed by atoms with Crippen LogP contribution in [0.5, 0.6) is 5.75 Å². The summed E-state index contributed by atoms with van der Waals surface area (Å²) in [6, 6.07) is 5.85. The zero-order valence-electron chi connectivity index (χ0n) is 12.8. The summed E-state index contributed by atoms with van der Waals surface area (Å²) in [6.45, 7) is 0.746. The Balaban J connectivity index is 1.84. The molecule has 1 N–H and O–H groups in total. The van der Waals surface area contributed by atoms with Gasteiger partial charge >= 0.3 is 5.97 Å². The van der Waals surface area contributed by atoms with Crippen molar-refractivity contribution in [2.75, 3.05) is 6.61 Å². The second-order valence-corrected chi connectivity index (χ2v) is 7.65. The highest BCUT2D eigenvalue weighted by Gasteiger charge is 2.41. The van der Waals surface area contributed by atoms with E-state index in [4.69, 9.17) is 4.74 Å². The molecule has 0 amide bonds. The molecule has 2 fully saturated rings. The Bertz CT molecular complexity index is 545. The highest BCUT2D eigenvalue weighted by Crippen LogP contribution is 2.42. The maximum Gasteiger partial charge on any atom is 0.314 e. The zero-order chi connectivity index (χ0) is 15.6. The van der Waals surface area contributed by atoms with Crippen LogP contribution in [0.4, 0.5) is 0 Å². The van der Waals surface area contributed by atoms with Crippen molar-refractivity contribution < 1.29 is 14.6 Å². The largest absolute Gasteiger partial charge is 0.493 e. The molecule has 0 atom stereocenters. The van der Waals surface area contributed by atoms with E-state index in [9.17, 15) is 9.90 Å². The van der Waals surface area contributed by atoms with E-state index in [1.807, 2.05) is 18.2 Å². The Labute approximate surface area is 140 Å². The second kappa shape index (κ2) is 6.61. The Hall–Kier alpha value is -1.03. The van der Waals surface area contributed by atoms with Crippen LogP contribution in [-0.2, 0) is 10.2 Å². The van der Waals surface area contributed by atoms with E-state index in [-0.39, 0.29) is 0 Å². The average Bonchev–Trinajstić information content (AvgIpc) is 2.45. The lowest BCUT2D eigenvalue weighted by Gasteiger charge is -2.34. The van der Waals surface area contributed by atoms with Crippen LogP contribution in [0.3, 0.4) is 0 Å². The Kier molecular flexibility index (Phi) is 4.76. The lowest BCUT2D eigenvalue weighted by atomic mass is 9.69. The van der Waals surface area contributed by atoms with E-state index in [2.05, 4.69) is 15.9 Å². The van der Waals surface area contributed by atoms with E-state index in [1.54, 1.807) is 0 Å². The molecule has 2 aliphatic rings. The monoisotopic (exact) mass is 366 g/mol. The molecule has 1 aromatic carbocycles. The van der Waals surface area contributed by atoms with Crippen molar-refractivity contribution in [1.29, 1.82) is 0 Å². The Morgan fingerprint density at radius 1 is 1.18 bits per heavy atom. The van der Waals surface area contributed by atoms with Gasteiger partial charge in [-0.05, 0) is 55.4 Å². The van der Waals surface area contributed by atoms with Crippen molar-refractivity contribution in [3.05, 3.63) is 28.2 Å². The highest BCUT2D eigenvalue weighted by atomic mass is 79.9. The van der Waals surface area contributed by atoms with Crippen LogP contribution in [0.15, 0.2) is 22.7 Å². The first kappa shape index (κ1) is 15.9. The van der Waals surface area contributed by atoms with E-state index in [0.717, 1.165) is 54.5 Å². The van der Waals surface area contributed by atoms with Crippen LogP contribution in [0, 0.1) is 5.92 Å². The molecule has 0 bridgehead atoms. The molecule has 0 heterocycles. The van der Waals surface area contributed by atoms with Crippen LogP contribution in [0.1, 0.15) is 56.9 Å². The lowest BCUT2D eigenvalue weighted by molar-refractivity contribution is -0.145. The number of hydrogen-bond acceptors (Lipinski definition) is 2. The molecule has 3 rings (SSSR count). The van der Waals surface area contributed by atoms with Crippen LogP contribution >= 0.6 is 15.9 Å². The fourth-order valence-corrected chi connectivity index (χ4v) is 4.05. The summed E-state index contributed by atoms with van der Waals surface area (Å²) in [5, 5.41) is 9.83. The SMILES string of the molecule is O=C(O)C1(c2cc(Br)cc(OCC3CCC3)c2)CCCCC1. The number of carbonyl (C=O) groups is 1. The van der Waals surface area contributed by atoms with Crippen LogP contribution in [0.25, 0.3) is 0 Å². The van der Waals surface area contributed by atoms with E-state index < -0.39 is 11.4 Å². The molecular weight excluding hydrogens is 344 g/mol. The minimum atomic E-state index is -0.739. The third kappa shape index (κ3) is 3.17. The van der Waals surface area contributed by atoms with E-state index in [1.165, 1.54) is 19.3 Å². The van der Waals surface area contributed by atoms with Gasteiger partial charge in [-0.2, -0.15) is 0 Å². The maximum atomic E-state index is 12.0. The summed E-state index contributed by atoms with van der Waals surface area (Å²) in [4.78, 5) is 12.0. The molecule has 0 unspecified atom stereocenters. The minimum Gasteiger partial charge on any atom is -0.493 e. The van der Waals surface area contributed by atoms with E-state index in [0.29, 0.717) is 5.92 Å². The molecule has 2 saturated carbocycles. The Morgan fingerprint density at radius 2 is 1.91 bits per heavy atom. The molecule has 0 spiro atoms. The minimum absolute atomic E-state index is 0.672. The van der Waals surface area contributed by atoms with Gasteiger partial charge in [0.2, 0.25) is 0 Å². The molecule has 0 aliphatic heterocycles. The molecule has 1 aromatic rings. The van der Waals surface area contributed by atoms with Gasteiger partial charge in [-0.15, -0.1) is 0 Å². The number of aliphatic carboxylic acids is 1. The number of ether oxygens (including phenoxy) is 1. The van der Waals surface area contributed by atoms with Gasteiger partial charge < -0.3 is 9.84 Å². The lowest BCUT2D eigenvalue weighted by Crippen LogP contribution is -2.37. The van der Waals surface area contributed by atoms with Crippen LogP contribution in [0.2, 0.25) is 0 Å². The number of hydrogen-bond donors (Lipinski definition) is 1. The highest BCUT2D eigenvalue weighted by molar-refractivity contribution is 9.10. The molecule has 0 saturated heterocycles. The summed E-state index contributed by atoms with van der Waals surface area (Å²) in [6.07, 6.45) is 8.35. The second-order valence-electron chi connectivity index (χ2n) is 6.73. The standard InChI is InChI=1S/C18H23BrO3/c19-15-9-14(18(17(20)21)7-2-1-3-8-18)10-16(11-15)22-12-13-5-4-6-13/h9-11,13H,1-8,12H2,(H,20,21). The molecule has 22 heavy (non-hydrogen) atoms. The van der Waals surface area contributed by atoms with Crippen molar-refractivity contribution in [2.24, 2.45) is 5.92 Å². The first-order valence-corrected chi connectivity index (χ1v) is 9.07. The van der Waals surface area contributed by atoms with Gasteiger partial charge in [0.15, 0.2) is 0 Å². The van der Waals surface area contributed by atoms with Gasteiger partial charge in [0, 0.05) is 4.47 Å². The van der Waals surface area contributed by atoms with Gasteiger partial charge in [0.05, 0.1) is 12.0 Å². The molecule has 3 nitrogen and oxygen atoms in total. The smallest absolute Gasteiger partial charge is 0.314 e. The average molecular weight is 367 g/mol. The summed E-state index contributed by atoms with van der Waals surface area (Å²) in [7, 11) is 0. The number of halogens is 1. The van der Waals surface area contributed by atoms with Crippen molar-refractivity contribution in [1.82, 2.24) is 0 Å². The molecule has 0 aromatic heterocycles. The van der Waals surface area contributed by atoms with Crippen molar-refractivity contribution in [3.63, 3.8) is 0 Å². The number of carboxylic acid groups (broad SMARTS) is 1. The molecular formula is C18H23BrO3. The molecule has 2 aliphatic carbocycles. The number of carboxylic acids is 1. The summed E-state index contributed by atoms with van der Waals surface area (Å²) >= 11 is 3.52. The summed E-state index contributed by atoms with van der Waals surface area (Å²) < 4.78 is 6.83. The first-order chi connectivity index (χ1) is 10.6. The van der Waals surface area contributed by atoms with Gasteiger partial charge in [-0.3, -0.25) is 4.79 Å². The predicted octanol–water partition coefficient (Wildman–Crippen LogP) is 4.91. The van der Waals surface area contributed by atoms with Gasteiger partial charge in [0.1, 0.15) is 5.75 Å². The summed E-state index contributed by atoms with van der Waals surface area (Å²) in [5.74, 6) is 0.767. The van der Waals surface area contributed by atoms with Gasteiger partial charge in [-0.25, -0.2) is 0 Å². The van der Waals surface area contributed by atoms with Crippen molar-refractivity contribution in [2.45, 2.75) is 56.8 Å². The van der Waals surface area contributed by atoms with Gasteiger partial charge in [0.25, 0.3) is 0 Å². The third-order valence-corrected chi connectivity index (χ3v) is 5.71. The van der Waals surface area contributed by atoms with Crippen LogP contribution < -0.4 is 4.74 Å². The fourth-order valence-electron chi connectivity index (χ4n) is 3.58. The van der Waals surface area contributed by atoms with Crippen LogP contribution in [-0.4, -0.2) is 17.7 Å². The number of rotatable bonds is 5. The van der Waals surface area contributed by atoms with Gasteiger partial charge in [-0.1, -0.05) is 41.6 Å². The molecule has 0 radical (unpaired) electrons. The zero-order valence-corrected chi connectivity index (χ0v) is 14.4. The molecule has 120 valence electrons. The first-order valence-electron chi connectivity index (χ1n) is 8.27. The van der Waals surface area contributed by atoms with Crippen molar-refractivity contribution in [3.8, 4) is 5.75 Å². The fraction of sp³-hybridized carbons (Fsp3) is 0.611. The Morgan fingerprint density at radius 3 is 2.50 bits per heavy atom. The normalized spacial score (nSPS) is 21.1. The topological polar surface area (TPSA) is 46.5 Å². The number of benzene rings is 1. The predicted molar refractivity (Wildman–Crippen MR) is 89.4 cm³/mol.